The highest BCUT2D eigenvalue weighted by atomic mass is 31.2. The lowest BCUT2D eigenvalue weighted by Crippen LogP contribution is -2.45. The van der Waals surface area contributed by atoms with Crippen molar-refractivity contribution in [3.63, 3.8) is 0 Å². The number of nitrogens with one attached hydrogen (secondary N) is 1. The number of likely N-dealkylation sites (N-methyl/N-ethyl adjacent to an activating group) is 1. The quantitative estimate of drug-likeness (QED) is 0.0272. The summed E-state index contributed by atoms with van der Waals surface area (Å²) in [6.07, 6.45) is 70.4. The lowest BCUT2D eigenvalue weighted by Gasteiger charge is -2.29. The van der Waals surface area contributed by atoms with E-state index in [2.05, 4.69) is 67.8 Å². The minimum Gasteiger partial charge on any atom is -0.756 e. The smallest absolute Gasteiger partial charge is 0.268 e. The van der Waals surface area contributed by atoms with Crippen LogP contribution in [-0.2, 0) is 18.4 Å². The molecule has 0 bridgehead atoms. The van der Waals surface area contributed by atoms with Crippen molar-refractivity contribution in [2.45, 2.75) is 283 Å². The van der Waals surface area contributed by atoms with Gasteiger partial charge in [-0.3, -0.25) is 9.36 Å². The normalized spacial score (nSPS) is 14.3. The molecule has 9 heteroatoms. The molecule has 2 N–H and O–H groups in total. The molecule has 0 saturated heterocycles. The summed E-state index contributed by atoms with van der Waals surface area (Å²) in [5.41, 5.74) is 0. The fourth-order valence-corrected chi connectivity index (χ4v) is 9.23. The average Bonchev–Trinajstić information content (AvgIpc) is 3.32. The summed E-state index contributed by atoms with van der Waals surface area (Å²) < 4.78 is 23.3. The Bertz CT molecular complexity index is 1320. The Morgan fingerprint density at radius 2 is 0.843 bits per heavy atom. The molecule has 0 rings (SSSR count). The number of phosphoric acid groups is 1. The van der Waals surface area contributed by atoms with Crippen molar-refractivity contribution >= 4 is 13.7 Å². The minimum atomic E-state index is -4.61. The highest BCUT2D eigenvalue weighted by Crippen LogP contribution is 2.38. The number of amides is 1. The molecule has 0 aromatic heterocycles. The summed E-state index contributed by atoms with van der Waals surface area (Å²) >= 11 is 0. The Morgan fingerprint density at radius 1 is 0.500 bits per heavy atom. The highest BCUT2D eigenvalue weighted by molar-refractivity contribution is 7.45. The molecule has 410 valence electrons. The summed E-state index contributed by atoms with van der Waals surface area (Å²) in [5, 5.41) is 13.8. The van der Waals surface area contributed by atoms with Crippen molar-refractivity contribution in [3.05, 3.63) is 60.8 Å². The van der Waals surface area contributed by atoms with Crippen molar-refractivity contribution in [3.8, 4) is 0 Å². The third-order valence-corrected chi connectivity index (χ3v) is 14.1. The van der Waals surface area contributed by atoms with E-state index in [4.69, 9.17) is 9.05 Å². The van der Waals surface area contributed by atoms with Crippen molar-refractivity contribution in [1.29, 1.82) is 0 Å². The van der Waals surface area contributed by atoms with Crippen LogP contribution in [0.2, 0.25) is 0 Å². The number of carbonyl (C=O) groups excluding carboxylic acids is 1. The molecule has 0 aromatic rings. The van der Waals surface area contributed by atoms with Gasteiger partial charge in [-0.2, -0.15) is 0 Å². The Labute approximate surface area is 434 Å². The standard InChI is InChI=1S/C61H115N2O6P/c1-6-8-10-12-14-16-18-20-21-22-23-24-25-26-27-28-29-30-31-32-33-34-35-36-37-38-39-40-41-43-45-47-49-51-53-55-61(65)62-59(58-69-70(66,67)68-57-56-63(3,4)5)60(64)54-52-50-48-46-44-42-19-17-15-13-11-9-7-2/h15,17,25-26,28-29,44,46,52,54,59-60,64H,6-14,16,18-24,27,30-43,45,47-51,53,55-58H2,1-5H3,(H-,62,65,66,67)/b17-15+,26-25-,29-28-,46-44+,54-52+. The van der Waals surface area contributed by atoms with Crippen molar-refractivity contribution in [2.75, 3.05) is 40.9 Å². The van der Waals surface area contributed by atoms with Crippen LogP contribution in [0.15, 0.2) is 60.8 Å². The summed E-state index contributed by atoms with van der Waals surface area (Å²) in [5.74, 6) is -0.211. The number of hydrogen-bond donors (Lipinski definition) is 2. The fraction of sp³-hybridized carbons (Fsp3) is 0.820. The zero-order valence-corrected chi connectivity index (χ0v) is 47.6. The maximum atomic E-state index is 12.9. The molecule has 0 aliphatic carbocycles. The number of phosphoric ester groups is 1. The lowest BCUT2D eigenvalue weighted by atomic mass is 10.0. The third-order valence-electron chi connectivity index (χ3n) is 13.2. The van der Waals surface area contributed by atoms with E-state index in [1.807, 2.05) is 27.2 Å². The molecule has 0 heterocycles. The Hall–Kier alpha value is -1.80. The summed E-state index contributed by atoms with van der Waals surface area (Å²) in [6, 6.07) is -0.910. The first-order valence-corrected chi connectivity index (χ1v) is 31.1. The number of hydrogen-bond acceptors (Lipinski definition) is 6. The van der Waals surface area contributed by atoms with E-state index in [0.29, 0.717) is 17.4 Å². The molecule has 3 atom stereocenters. The second-order valence-corrected chi connectivity index (χ2v) is 22.7. The molecule has 0 fully saturated rings. The van der Waals surface area contributed by atoms with Gasteiger partial charge in [-0.05, 0) is 77.0 Å². The van der Waals surface area contributed by atoms with Crippen molar-refractivity contribution in [2.24, 2.45) is 0 Å². The van der Waals surface area contributed by atoms with Crippen LogP contribution in [-0.4, -0.2) is 68.5 Å². The van der Waals surface area contributed by atoms with Gasteiger partial charge in [0.25, 0.3) is 7.82 Å². The molecule has 0 saturated carbocycles. The van der Waals surface area contributed by atoms with E-state index in [9.17, 15) is 19.4 Å². The average molecular weight is 1000 g/mol. The first kappa shape index (κ1) is 68.2. The SMILES string of the molecule is CCCCC/C=C/CC/C=C/CC/C=C/C(O)C(COP(=O)([O-])OCC[N+](C)(C)C)NC(=O)CCCCCCCCCCCCCCCCCCC/C=C\C/C=C\CCCCCCCCCCCCC. The van der Waals surface area contributed by atoms with Crippen LogP contribution in [0.4, 0.5) is 0 Å². The number of aliphatic hydroxyl groups excluding tert-OH is 1. The Kier molecular flexibility index (Phi) is 50.7. The monoisotopic (exact) mass is 1000 g/mol. The molecular weight excluding hydrogens is 888 g/mol. The van der Waals surface area contributed by atoms with Gasteiger partial charge in [0, 0.05) is 6.42 Å². The van der Waals surface area contributed by atoms with E-state index in [0.717, 1.165) is 57.8 Å². The van der Waals surface area contributed by atoms with Crippen LogP contribution >= 0.6 is 7.82 Å². The van der Waals surface area contributed by atoms with E-state index in [-0.39, 0.29) is 12.5 Å². The number of allylic oxidation sites excluding steroid dienone is 9. The van der Waals surface area contributed by atoms with Crippen LogP contribution in [0, 0.1) is 0 Å². The largest absolute Gasteiger partial charge is 0.756 e. The maximum absolute atomic E-state index is 12.9. The molecule has 0 aromatic carbocycles. The van der Waals surface area contributed by atoms with Gasteiger partial charge in [0.05, 0.1) is 39.9 Å². The molecule has 1 amide bonds. The van der Waals surface area contributed by atoms with Gasteiger partial charge in [-0.25, -0.2) is 0 Å². The predicted molar refractivity (Wildman–Crippen MR) is 302 cm³/mol. The summed E-state index contributed by atoms with van der Waals surface area (Å²) in [6.45, 7) is 4.60. The van der Waals surface area contributed by atoms with Gasteiger partial charge in [0.1, 0.15) is 13.2 Å². The second kappa shape index (κ2) is 52.1. The van der Waals surface area contributed by atoms with Gasteiger partial charge in [-0.1, -0.05) is 248 Å². The van der Waals surface area contributed by atoms with Crippen LogP contribution in [0.25, 0.3) is 0 Å². The van der Waals surface area contributed by atoms with Gasteiger partial charge in [-0.15, -0.1) is 0 Å². The molecule has 0 aliphatic rings. The first-order valence-electron chi connectivity index (χ1n) is 29.7. The zero-order valence-electron chi connectivity index (χ0n) is 46.7. The predicted octanol–water partition coefficient (Wildman–Crippen LogP) is 17.5. The summed E-state index contributed by atoms with van der Waals surface area (Å²) in [7, 11) is 1.24. The molecule has 0 aliphatic heterocycles. The number of aliphatic hydroxyl groups is 1. The van der Waals surface area contributed by atoms with Crippen LogP contribution in [0.3, 0.4) is 0 Å². The maximum Gasteiger partial charge on any atom is 0.268 e. The topological polar surface area (TPSA) is 108 Å². The Morgan fingerprint density at radius 3 is 1.27 bits per heavy atom. The van der Waals surface area contributed by atoms with Crippen molar-refractivity contribution in [1.82, 2.24) is 5.32 Å². The van der Waals surface area contributed by atoms with E-state index in [1.54, 1.807) is 6.08 Å². The van der Waals surface area contributed by atoms with Crippen LogP contribution < -0.4 is 10.2 Å². The number of nitrogens with zero attached hydrogens (tertiary/aromatic N) is 1. The first-order chi connectivity index (χ1) is 34.0. The molecule has 0 radical (unpaired) electrons. The minimum absolute atomic E-state index is 0.00990. The summed E-state index contributed by atoms with van der Waals surface area (Å²) in [4.78, 5) is 25.4. The number of carbonyl (C=O) groups is 1. The molecule has 70 heavy (non-hydrogen) atoms. The number of quaternary nitrogens is 1. The van der Waals surface area contributed by atoms with Crippen molar-refractivity contribution < 1.29 is 32.9 Å². The van der Waals surface area contributed by atoms with E-state index in [1.165, 1.54) is 193 Å². The van der Waals surface area contributed by atoms with Gasteiger partial charge in [0.15, 0.2) is 0 Å². The van der Waals surface area contributed by atoms with Gasteiger partial charge >= 0.3 is 0 Å². The van der Waals surface area contributed by atoms with Gasteiger partial charge in [0.2, 0.25) is 5.91 Å². The molecular formula is C61H115N2O6P. The van der Waals surface area contributed by atoms with Crippen LogP contribution in [0.5, 0.6) is 0 Å². The zero-order chi connectivity index (χ0) is 51.3. The van der Waals surface area contributed by atoms with E-state index < -0.39 is 26.6 Å². The third kappa shape index (κ3) is 54.0. The number of unbranched alkanes of at least 4 members (excludes halogenated alkanes) is 33. The molecule has 0 spiro atoms. The highest BCUT2D eigenvalue weighted by Gasteiger charge is 2.23. The van der Waals surface area contributed by atoms with E-state index >= 15 is 0 Å². The fourth-order valence-electron chi connectivity index (χ4n) is 8.51. The number of rotatable bonds is 54. The van der Waals surface area contributed by atoms with Crippen LogP contribution in [0.1, 0.15) is 271 Å². The molecule has 3 unspecified atom stereocenters. The Balaban J connectivity index is 4.00. The molecule has 8 nitrogen and oxygen atoms in total. The van der Waals surface area contributed by atoms with Gasteiger partial charge < -0.3 is 28.8 Å². The second-order valence-electron chi connectivity index (χ2n) is 21.3. The lowest BCUT2D eigenvalue weighted by molar-refractivity contribution is -0.870.